The first-order valence-electron chi connectivity index (χ1n) is 9.13. The molecule has 0 aliphatic rings. The Hall–Kier alpha value is -1.91. The van der Waals surface area contributed by atoms with Gasteiger partial charge in [-0.3, -0.25) is 9.69 Å². The van der Waals surface area contributed by atoms with Gasteiger partial charge in [-0.05, 0) is 39.7 Å². The number of benzene rings is 1. The minimum atomic E-state index is -0.579. The third-order valence-corrected chi connectivity index (χ3v) is 4.31. The third kappa shape index (κ3) is 6.43. The van der Waals surface area contributed by atoms with Crippen LogP contribution in [0.5, 0.6) is 0 Å². The molecule has 3 atom stereocenters. The van der Waals surface area contributed by atoms with Gasteiger partial charge < -0.3 is 9.84 Å². The van der Waals surface area contributed by atoms with Crippen LogP contribution in [-0.4, -0.2) is 40.8 Å². The molecule has 0 fully saturated rings. The normalized spacial score (nSPS) is 15.2. The van der Waals surface area contributed by atoms with Crippen LogP contribution < -0.4 is 0 Å². The maximum Gasteiger partial charge on any atom is 0.311 e. The van der Waals surface area contributed by atoms with E-state index in [0.717, 1.165) is 5.56 Å². The molecule has 1 unspecified atom stereocenters. The Morgan fingerprint density at radius 3 is 2.35 bits per heavy atom. The van der Waals surface area contributed by atoms with Gasteiger partial charge in [-0.15, -0.1) is 13.2 Å². The van der Waals surface area contributed by atoms with Crippen molar-refractivity contribution in [2.24, 2.45) is 5.92 Å². The van der Waals surface area contributed by atoms with E-state index in [1.54, 1.807) is 6.08 Å². The van der Waals surface area contributed by atoms with Crippen molar-refractivity contribution >= 4 is 5.97 Å². The second kappa shape index (κ2) is 10.3. The third-order valence-electron chi connectivity index (χ3n) is 4.31. The Balaban J connectivity index is 3.18. The molecule has 144 valence electrons. The van der Waals surface area contributed by atoms with E-state index in [1.807, 2.05) is 45.0 Å². The highest BCUT2D eigenvalue weighted by Crippen LogP contribution is 2.29. The van der Waals surface area contributed by atoms with Crippen LogP contribution in [0.3, 0.4) is 0 Å². The van der Waals surface area contributed by atoms with E-state index in [-0.39, 0.29) is 24.7 Å². The molecule has 0 amide bonds. The average molecular weight is 360 g/mol. The average Bonchev–Trinajstić information content (AvgIpc) is 2.59. The summed E-state index contributed by atoms with van der Waals surface area (Å²) in [6, 6.07) is 9.89. The monoisotopic (exact) mass is 359 g/mol. The molecule has 1 aromatic carbocycles. The number of hydrogen-bond donors (Lipinski definition) is 1. The van der Waals surface area contributed by atoms with Crippen molar-refractivity contribution in [3.63, 3.8) is 0 Å². The van der Waals surface area contributed by atoms with Crippen LogP contribution in [0, 0.1) is 5.92 Å². The Bertz CT molecular complexity index is 577. The Morgan fingerprint density at radius 2 is 1.88 bits per heavy atom. The number of carbonyl (C=O) groups is 1. The maximum absolute atomic E-state index is 12.8. The topological polar surface area (TPSA) is 49.8 Å². The van der Waals surface area contributed by atoms with E-state index < -0.39 is 11.5 Å². The van der Waals surface area contributed by atoms with Crippen LogP contribution in [0.25, 0.3) is 0 Å². The minimum absolute atomic E-state index is 0.0563. The summed E-state index contributed by atoms with van der Waals surface area (Å²) in [6.45, 7) is 16.0. The van der Waals surface area contributed by atoms with Crippen LogP contribution in [0.1, 0.15) is 45.7 Å². The lowest BCUT2D eigenvalue weighted by Crippen LogP contribution is -2.45. The summed E-state index contributed by atoms with van der Waals surface area (Å²) in [4.78, 5) is 14.9. The molecule has 1 rings (SSSR count). The van der Waals surface area contributed by atoms with E-state index >= 15 is 0 Å². The number of aliphatic hydroxyl groups excluding tert-OH is 1. The molecule has 0 aliphatic carbocycles. The fraction of sp³-hybridized carbons (Fsp3) is 0.500. The molecule has 0 saturated carbocycles. The molecule has 1 aromatic rings. The second-order valence-electron chi connectivity index (χ2n) is 7.45. The molecule has 0 aliphatic heterocycles. The van der Waals surface area contributed by atoms with E-state index in [0.29, 0.717) is 13.0 Å². The lowest BCUT2D eigenvalue weighted by Gasteiger charge is -2.38. The first-order chi connectivity index (χ1) is 12.2. The van der Waals surface area contributed by atoms with Crippen LogP contribution in [0.15, 0.2) is 55.6 Å². The summed E-state index contributed by atoms with van der Waals surface area (Å²) in [7, 11) is 0. The first kappa shape index (κ1) is 22.1. The molecule has 0 saturated heterocycles. The quantitative estimate of drug-likeness (QED) is 0.504. The molecule has 1 N–H and O–H groups in total. The van der Waals surface area contributed by atoms with Gasteiger partial charge >= 0.3 is 5.97 Å². The SMILES string of the molecule is C=CCN(C(C)c1ccccc1)[C@H](C=C)[C@@H](CCO)C(=O)OC(C)(C)C. The lowest BCUT2D eigenvalue weighted by molar-refractivity contribution is -0.162. The number of hydrogen-bond acceptors (Lipinski definition) is 4. The van der Waals surface area contributed by atoms with Crippen LogP contribution in [-0.2, 0) is 9.53 Å². The number of carbonyl (C=O) groups excluding carboxylic acids is 1. The van der Waals surface area contributed by atoms with Crippen molar-refractivity contribution in [3.05, 3.63) is 61.2 Å². The molecular weight excluding hydrogens is 326 g/mol. The van der Waals surface area contributed by atoms with Gasteiger partial charge in [0.1, 0.15) is 5.60 Å². The number of ether oxygens (including phenoxy) is 1. The van der Waals surface area contributed by atoms with Crippen molar-refractivity contribution in [2.45, 2.75) is 51.8 Å². The highest BCUT2D eigenvalue weighted by Gasteiger charge is 2.35. The zero-order valence-electron chi connectivity index (χ0n) is 16.5. The molecule has 4 heteroatoms. The maximum atomic E-state index is 12.8. The Morgan fingerprint density at radius 1 is 1.27 bits per heavy atom. The van der Waals surface area contributed by atoms with E-state index in [4.69, 9.17) is 4.74 Å². The zero-order chi connectivity index (χ0) is 19.7. The number of rotatable bonds is 10. The van der Waals surface area contributed by atoms with Crippen molar-refractivity contribution in [1.82, 2.24) is 4.90 Å². The lowest BCUT2D eigenvalue weighted by atomic mass is 9.92. The fourth-order valence-electron chi connectivity index (χ4n) is 3.09. The van der Waals surface area contributed by atoms with Crippen LogP contribution in [0.4, 0.5) is 0 Å². The predicted molar refractivity (Wildman–Crippen MR) is 107 cm³/mol. The first-order valence-corrected chi connectivity index (χ1v) is 9.13. The number of nitrogens with zero attached hydrogens (tertiary/aromatic N) is 1. The van der Waals surface area contributed by atoms with E-state index in [2.05, 4.69) is 37.1 Å². The molecule has 4 nitrogen and oxygen atoms in total. The summed E-state index contributed by atoms with van der Waals surface area (Å²) in [5.74, 6) is -0.811. The van der Waals surface area contributed by atoms with E-state index in [9.17, 15) is 9.90 Å². The van der Waals surface area contributed by atoms with Gasteiger partial charge in [0.15, 0.2) is 0 Å². The van der Waals surface area contributed by atoms with Gasteiger partial charge in [-0.2, -0.15) is 0 Å². The number of aliphatic hydroxyl groups is 1. The Kier molecular flexibility index (Phi) is 8.76. The van der Waals surface area contributed by atoms with Crippen molar-refractivity contribution < 1.29 is 14.6 Å². The summed E-state index contributed by atoms with van der Waals surface area (Å²) in [5, 5.41) is 9.51. The molecule has 0 aromatic heterocycles. The highest BCUT2D eigenvalue weighted by atomic mass is 16.6. The zero-order valence-corrected chi connectivity index (χ0v) is 16.5. The number of esters is 1. The van der Waals surface area contributed by atoms with Gasteiger partial charge in [0, 0.05) is 25.2 Å². The van der Waals surface area contributed by atoms with Gasteiger partial charge in [0.2, 0.25) is 0 Å². The molecule has 0 spiro atoms. The summed E-state index contributed by atoms with van der Waals surface area (Å²) in [6.07, 6.45) is 3.91. The van der Waals surface area contributed by atoms with Crippen LogP contribution in [0.2, 0.25) is 0 Å². The standard InChI is InChI=1S/C22H33NO3/c1-7-15-23(17(3)18-12-10-9-11-13-18)20(8-2)19(14-16-24)21(25)26-22(4,5)6/h7-13,17,19-20,24H,1-2,14-16H2,3-6H3/t17?,19-,20-/m1/s1. The predicted octanol–water partition coefficient (Wildman–Crippen LogP) is 4.13. The Labute approximate surface area is 158 Å². The van der Waals surface area contributed by atoms with E-state index in [1.165, 1.54) is 0 Å². The van der Waals surface area contributed by atoms with Gasteiger partial charge in [0.25, 0.3) is 0 Å². The van der Waals surface area contributed by atoms with Crippen molar-refractivity contribution in [1.29, 1.82) is 0 Å². The second-order valence-corrected chi connectivity index (χ2v) is 7.45. The molecule has 26 heavy (non-hydrogen) atoms. The van der Waals surface area contributed by atoms with Gasteiger partial charge in [-0.25, -0.2) is 0 Å². The van der Waals surface area contributed by atoms with Gasteiger partial charge in [0.05, 0.1) is 5.92 Å². The van der Waals surface area contributed by atoms with Gasteiger partial charge in [-0.1, -0.05) is 42.5 Å². The minimum Gasteiger partial charge on any atom is -0.460 e. The van der Waals surface area contributed by atoms with Crippen molar-refractivity contribution in [2.75, 3.05) is 13.2 Å². The summed E-state index contributed by atoms with van der Waals surface area (Å²) in [5.41, 5.74) is 0.568. The molecular formula is C22H33NO3. The van der Waals surface area contributed by atoms with Crippen molar-refractivity contribution in [3.8, 4) is 0 Å². The van der Waals surface area contributed by atoms with Crippen LogP contribution >= 0.6 is 0 Å². The molecule has 0 bridgehead atoms. The fourth-order valence-corrected chi connectivity index (χ4v) is 3.09. The molecule has 0 heterocycles. The summed E-state index contributed by atoms with van der Waals surface area (Å²) < 4.78 is 5.60. The highest BCUT2D eigenvalue weighted by molar-refractivity contribution is 5.74. The molecule has 0 radical (unpaired) electrons. The smallest absolute Gasteiger partial charge is 0.311 e. The summed E-state index contributed by atoms with van der Waals surface area (Å²) >= 11 is 0. The largest absolute Gasteiger partial charge is 0.460 e.